The van der Waals surface area contributed by atoms with Crippen molar-refractivity contribution >= 4 is 34.2 Å². The van der Waals surface area contributed by atoms with Crippen molar-refractivity contribution in [2.75, 3.05) is 41.8 Å². The van der Waals surface area contributed by atoms with Gasteiger partial charge in [0.05, 0.1) is 34.0 Å². The number of hydrogen-bond acceptors (Lipinski definition) is 6. The van der Waals surface area contributed by atoms with Gasteiger partial charge in [-0.25, -0.2) is 4.98 Å². The fourth-order valence-electron chi connectivity index (χ4n) is 6.28. The average Bonchev–Trinajstić information content (AvgIpc) is 3.35. The van der Waals surface area contributed by atoms with Crippen molar-refractivity contribution in [3.8, 4) is 0 Å². The van der Waals surface area contributed by atoms with Crippen LogP contribution in [0.4, 0.5) is 11.8 Å². The van der Waals surface area contributed by atoms with Gasteiger partial charge in [-0.1, -0.05) is 23.7 Å². The van der Waals surface area contributed by atoms with Crippen molar-refractivity contribution in [3.05, 3.63) is 41.0 Å². The topological polar surface area (TPSA) is 69.6 Å². The number of aliphatic hydroxyl groups excluding tert-OH is 1. The molecule has 1 aromatic heterocycles. The van der Waals surface area contributed by atoms with Crippen molar-refractivity contribution < 1.29 is 9.32 Å². The van der Waals surface area contributed by atoms with Gasteiger partial charge < -0.3 is 14.9 Å². The summed E-state index contributed by atoms with van der Waals surface area (Å²) in [5, 5.41) is 10.9. The van der Waals surface area contributed by atoms with Crippen LogP contribution < -0.4 is 9.80 Å². The Labute approximate surface area is 196 Å². The molecule has 0 amide bonds. The van der Waals surface area contributed by atoms with E-state index in [0.29, 0.717) is 30.1 Å². The first-order valence-electron chi connectivity index (χ1n) is 11.7. The van der Waals surface area contributed by atoms with Gasteiger partial charge in [0.2, 0.25) is 5.95 Å². The van der Waals surface area contributed by atoms with Gasteiger partial charge in [0, 0.05) is 30.4 Å². The van der Waals surface area contributed by atoms with Crippen molar-refractivity contribution in [1.29, 1.82) is 0 Å². The van der Waals surface area contributed by atoms with Crippen LogP contribution in [0.3, 0.4) is 0 Å². The van der Waals surface area contributed by atoms with Gasteiger partial charge in [0.1, 0.15) is 0 Å². The molecular formula is C24H29ClN4O2S. The predicted octanol–water partition coefficient (Wildman–Crippen LogP) is 3.60. The summed E-state index contributed by atoms with van der Waals surface area (Å²) in [4.78, 5) is 14.9. The van der Waals surface area contributed by atoms with E-state index in [0.717, 1.165) is 54.0 Å². The zero-order valence-corrected chi connectivity index (χ0v) is 19.7. The van der Waals surface area contributed by atoms with E-state index in [2.05, 4.69) is 26.9 Å². The highest BCUT2D eigenvalue weighted by molar-refractivity contribution is 7.85. The minimum absolute atomic E-state index is 0.123. The summed E-state index contributed by atoms with van der Waals surface area (Å²) in [6, 6.07) is 8.33. The molecule has 0 spiro atoms. The largest absolute Gasteiger partial charge is 0.394 e. The highest BCUT2D eigenvalue weighted by Crippen LogP contribution is 2.47. The zero-order chi connectivity index (χ0) is 21.9. The minimum atomic E-state index is -1.07. The highest BCUT2D eigenvalue weighted by Gasteiger charge is 2.46. The first-order valence-corrected chi connectivity index (χ1v) is 13.4. The lowest BCUT2D eigenvalue weighted by Gasteiger charge is -2.51. The molecule has 6 nitrogen and oxygen atoms in total. The number of anilines is 2. The maximum atomic E-state index is 12.7. The maximum absolute atomic E-state index is 12.7. The monoisotopic (exact) mass is 472 g/mol. The second-order valence-electron chi connectivity index (χ2n) is 9.94. The fourth-order valence-corrected chi connectivity index (χ4v) is 7.50. The van der Waals surface area contributed by atoms with Crippen LogP contribution in [0, 0.1) is 11.8 Å². The highest BCUT2D eigenvalue weighted by atomic mass is 35.5. The molecule has 6 rings (SSSR count). The van der Waals surface area contributed by atoms with Crippen LogP contribution in [-0.4, -0.2) is 56.8 Å². The number of aromatic nitrogens is 2. The van der Waals surface area contributed by atoms with Gasteiger partial charge >= 0.3 is 0 Å². The molecular weight excluding hydrogens is 444 g/mol. The van der Waals surface area contributed by atoms with E-state index in [1.54, 1.807) is 6.20 Å². The summed E-state index contributed by atoms with van der Waals surface area (Å²) in [7, 11) is -1.07. The lowest BCUT2D eigenvalue weighted by Crippen LogP contribution is -2.59. The second kappa shape index (κ2) is 7.96. The number of hydrogen-bond donors (Lipinski definition) is 1. The van der Waals surface area contributed by atoms with Crippen LogP contribution in [0.25, 0.3) is 0 Å². The molecule has 3 atom stereocenters. The van der Waals surface area contributed by atoms with E-state index in [4.69, 9.17) is 16.6 Å². The first kappa shape index (κ1) is 20.9. The van der Waals surface area contributed by atoms with E-state index in [1.165, 1.54) is 18.4 Å². The molecule has 2 aromatic rings. The Morgan fingerprint density at radius 3 is 2.50 bits per heavy atom. The molecule has 0 radical (unpaired) electrons. The van der Waals surface area contributed by atoms with Crippen LogP contribution in [0.2, 0.25) is 5.02 Å². The van der Waals surface area contributed by atoms with Gasteiger partial charge in [-0.15, -0.1) is 0 Å². The van der Waals surface area contributed by atoms with Crippen molar-refractivity contribution in [3.63, 3.8) is 0 Å². The molecule has 3 unspecified atom stereocenters. The Morgan fingerprint density at radius 1 is 1.16 bits per heavy atom. The molecule has 4 aliphatic rings. The third-order valence-electron chi connectivity index (χ3n) is 8.25. The first-order chi connectivity index (χ1) is 15.6. The molecule has 2 aliphatic heterocycles. The number of fused-ring (bicyclic) bond motifs is 2. The summed E-state index contributed by atoms with van der Waals surface area (Å²) >= 11 is 6.06. The molecule has 170 valence electrons. The van der Waals surface area contributed by atoms with Crippen LogP contribution in [0.5, 0.6) is 0 Å². The lowest BCUT2D eigenvalue weighted by molar-refractivity contribution is 0.115. The van der Waals surface area contributed by atoms with E-state index in [9.17, 15) is 9.32 Å². The lowest BCUT2D eigenvalue weighted by atomic mass is 9.76. The van der Waals surface area contributed by atoms with Crippen LogP contribution >= 0.6 is 11.6 Å². The molecule has 8 heteroatoms. The molecule has 2 saturated carbocycles. The van der Waals surface area contributed by atoms with Gasteiger partial charge in [-0.2, -0.15) is 4.98 Å². The molecule has 1 N–H and O–H groups in total. The second-order valence-corrected chi connectivity index (χ2v) is 11.9. The van der Waals surface area contributed by atoms with E-state index in [1.807, 2.05) is 12.1 Å². The molecule has 32 heavy (non-hydrogen) atoms. The fraction of sp³-hybridized carbons (Fsp3) is 0.583. The SMILES string of the molecule is O=S1CCN(C2(CO)CCC2)c2nc(N3CC4CC(c5ccc(Cl)cc5)CC4C3)ncc21. The third-order valence-corrected chi connectivity index (χ3v) is 9.84. The Balaban J connectivity index is 1.22. The molecule has 1 saturated heterocycles. The number of benzene rings is 1. The predicted molar refractivity (Wildman–Crippen MR) is 127 cm³/mol. The van der Waals surface area contributed by atoms with Crippen molar-refractivity contribution in [1.82, 2.24) is 9.97 Å². The molecule has 3 fully saturated rings. The van der Waals surface area contributed by atoms with Crippen LogP contribution in [0.1, 0.15) is 43.6 Å². The number of rotatable bonds is 4. The quantitative estimate of drug-likeness (QED) is 0.733. The van der Waals surface area contributed by atoms with Gasteiger partial charge in [-0.3, -0.25) is 4.21 Å². The van der Waals surface area contributed by atoms with Crippen LogP contribution in [-0.2, 0) is 10.8 Å². The molecule has 3 heterocycles. The van der Waals surface area contributed by atoms with Gasteiger partial charge in [-0.05, 0) is 67.6 Å². The number of nitrogens with zero attached hydrogens (tertiary/aromatic N) is 4. The summed E-state index contributed by atoms with van der Waals surface area (Å²) in [6.07, 6.45) is 7.21. The number of aliphatic hydroxyl groups is 1. The summed E-state index contributed by atoms with van der Waals surface area (Å²) < 4.78 is 12.7. The number of halogens is 1. The molecule has 2 aliphatic carbocycles. The molecule has 0 bridgehead atoms. The summed E-state index contributed by atoms with van der Waals surface area (Å²) in [5.74, 6) is 4.01. The maximum Gasteiger partial charge on any atom is 0.227 e. The smallest absolute Gasteiger partial charge is 0.227 e. The van der Waals surface area contributed by atoms with Crippen molar-refractivity contribution in [2.24, 2.45) is 11.8 Å². The zero-order valence-electron chi connectivity index (χ0n) is 18.1. The third kappa shape index (κ3) is 3.35. The van der Waals surface area contributed by atoms with Crippen LogP contribution in [0.15, 0.2) is 35.4 Å². The minimum Gasteiger partial charge on any atom is -0.394 e. The average molecular weight is 473 g/mol. The molecule has 1 aromatic carbocycles. The normalized spacial score (nSPS) is 30.7. The van der Waals surface area contributed by atoms with E-state index < -0.39 is 10.8 Å². The Bertz CT molecular complexity index is 1030. The standard InChI is InChI=1S/C24H29ClN4O2S/c25-20-4-2-16(3-5-20)17-10-18-13-28(14-19(18)11-17)23-26-12-21-22(27-23)29(8-9-32(21)31)24(15-30)6-1-7-24/h2-5,12,17-19,30H,1,6-11,13-15H2. The van der Waals surface area contributed by atoms with E-state index in [-0.39, 0.29) is 12.1 Å². The van der Waals surface area contributed by atoms with Gasteiger partial charge in [0.15, 0.2) is 5.82 Å². The van der Waals surface area contributed by atoms with E-state index >= 15 is 0 Å². The summed E-state index contributed by atoms with van der Waals surface area (Å²) in [5.41, 5.74) is 1.16. The Kier molecular flexibility index (Phi) is 5.19. The Morgan fingerprint density at radius 2 is 1.88 bits per heavy atom. The van der Waals surface area contributed by atoms with Gasteiger partial charge in [0.25, 0.3) is 0 Å². The Hall–Kier alpha value is -1.70. The van der Waals surface area contributed by atoms with Crippen molar-refractivity contribution in [2.45, 2.75) is 48.5 Å². The summed E-state index contributed by atoms with van der Waals surface area (Å²) in [6.45, 7) is 2.76.